The predicted molar refractivity (Wildman–Crippen MR) is 79.8 cm³/mol. The van der Waals surface area contributed by atoms with Crippen LogP contribution in [0.2, 0.25) is 0 Å². The Labute approximate surface area is 123 Å². The summed E-state index contributed by atoms with van der Waals surface area (Å²) >= 11 is 0. The molecule has 2 N–H and O–H groups in total. The molecule has 0 aliphatic heterocycles. The lowest BCUT2D eigenvalue weighted by Gasteiger charge is -2.11. The highest BCUT2D eigenvalue weighted by atomic mass is 32.2. The van der Waals surface area contributed by atoms with Gasteiger partial charge in [0.15, 0.2) is 5.78 Å². The van der Waals surface area contributed by atoms with Crippen LogP contribution < -0.4 is 4.72 Å². The second kappa shape index (κ2) is 6.07. The molecule has 0 saturated heterocycles. The first-order valence-electron chi connectivity index (χ1n) is 6.26. The maximum Gasteiger partial charge on any atom is 0.261 e. The minimum atomic E-state index is -3.78. The molecule has 6 heteroatoms. The van der Waals surface area contributed by atoms with Crippen LogP contribution in [0, 0.1) is 6.92 Å². The molecule has 2 aromatic rings. The maximum absolute atomic E-state index is 12.3. The number of carbonyl (C=O) groups excluding carboxylic acids is 1. The number of aliphatic hydroxyl groups is 1. The average Bonchev–Trinajstić information content (AvgIpc) is 2.47. The monoisotopic (exact) mass is 305 g/mol. The second-order valence-corrected chi connectivity index (χ2v) is 6.23. The zero-order chi connectivity index (χ0) is 15.5. The zero-order valence-corrected chi connectivity index (χ0v) is 12.2. The number of sulfonamides is 1. The zero-order valence-electron chi connectivity index (χ0n) is 11.4. The van der Waals surface area contributed by atoms with Crippen LogP contribution in [0.4, 0.5) is 5.69 Å². The van der Waals surface area contributed by atoms with E-state index in [9.17, 15) is 13.2 Å². The second-order valence-electron chi connectivity index (χ2n) is 4.55. The third-order valence-electron chi connectivity index (χ3n) is 2.95. The molecule has 0 radical (unpaired) electrons. The number of benzene rings is 2. The fourth-order valence-corrected chi connectivity index (χ4v) is 2.90. The van der Waals surface area contributed by atoms with Crippen molar-refractivity contribution in [2.75, 3.05) is 11.3 Å². The van der Waals surface area contributed by atoms with Gasteiger partial charge in [-0.15, -0.1) is 0 Å². The molecule has 2 rings (SSSR count). The van der Waals surface area contributed by atoms with Gasteiger partial charge in [-0.1, -0.05) is 29.8 Å². The summed E-state index contributed by atoms with van der Waals surface area (Å²) in [5, 5.41) is 8.93. The van der Waals surface area contributed by atoms with E-state index in [0.717, 1.165) is 5.56 Å². The molecule has 5 nitrogen and oxygen atoms in total. The fraction of sp³-hybridized carbons (Fsp3) is 0.133. The van der Waals surface area contributed by atoms with E-state index >= 15 is 0 Å². The molecule has 0 aromatic heterocycles. The van der Waals surface area contributed by atoms with Gasteiger partial charge in [-0.2, -0.15) is 0 Å². The van der Waals surface area contributed by atoms with Crippen LogP contribution in [0.5, 0.6) is 0 Å². The van der Waals surface area contributed by atoms with Gasteiger partial charge >= 0.3 is 0 Å². The van der Waals surface area contributed by atoms with E-state index in [1.54, 1.807) is 24.3 Å². The lowest BCUT2D eigenvalue weighted by atomic mass is 10.1. The number of anilines is 1. The molecule has 0 bridgehead atoms. The number of para-hydroxylation sites is 1. The number of Topliss-reactive ketones (excluding diaryl/α,β-unsaturated/α-hetero) is 1. The molecular weight excluding hydrogens is 290 g/mol. The van der Waals surface area contributed by atoms with Crippen molar-refractivity contribution < 1.29 is 18.3 Å². The molecule has 21 heavy (non-hydrogen) atoms. The van der Waals surface area contributed by atoms with Crippen molar-refractivity contribution in [2.45, 2.75) is 11.8 Å². The summed E-state index contributed by atoms with van der Waals surface area (Å²) in [5.41, 5.74) is 1.23. The topological polar surface area (TPSA) is 83.5 Å². The van der Waals surface area contributed by atoms with Crippen molar-refractivity contribution >= 4 is 21.5 Å². The molecule has 0 atom stereocenters. The molecule has 110 valence electrons. The Morgan fingerprint density at radius 2 is 1.71 bits per heavy atom. The van der Waals surface area contributed by atoms with Crippen molar-refractivity contribution in [3.63, 3.8) is 0 Å². The Kier molecular flexibility index (Phi) is 4.40. The van der Waals surface area contributed by atoms with E-state index in [-0.39, 0.29) is 16.1 Å². The molecule has 0 unspecified atom stereocenters. The van der Waals surface area contributed by atoms with Crippen LogP contribution in [0.1, 0.15) is 15.9 Å². The summed E-state index contributed by atoms with van der Waals surface area (Å²) in [6, 6.07) is 12.5. The van der Waals surface area contributed by atoms with Crippen LogP contribution in [-0.2, 0) is 10.0 Å². The smallest absolute Gasteiger partial charge is 0.261 e. The summed E-state index contributed by atoms with van der Waals surface area (Å²) < 4.78 is 27.0. The predicted octanol–water partition coefficient (Wildman–Crippen LogP) is 1.97. The molecule has 0 fully saturated rings. The van der Waals surface area contributed by atoms with E-state index in [1.807, 2.05) is 6.92 Å². The van der Waals surface area contributed by atoms with E-state index in [4.69, 9.17) is 5.11 Å². The first-order valence-corrected chi connectivity index (χ1v) is 7.75. The van der Waals surface area contributed by atoms with Crippen LogP contribution in [-0.4, -0.2) is 25.9 Å². The van der Waals surface area contributed by atoms with Crippen molar-refractivity contribution in [1.82, 2.24) is 0 Å². The molecule has 0 spiro atoms. The largest absolute Gasteiger partial charge is 0.388 e. The number of ketones is 1. The number of rotatable bonds is 5. The van der Waals surface area contributed by atoms with E-state index < -0.39 is 22.4 Å². The number of hydrogen-bond acceptors (Lipinski definition) is 4. The number of hydrogen-bond donors (Lipinski definition) is 2. The summed E-state index contributed by atoms with van der Waals surface area (Å²) in [4.78, 5) is 11.7. The minimum absolute atomic E-state index is 0.111. The lowest BCUT2D eigenvalue weighted by molar-refractivity contribution is 0.0904. The summed E-state index contributed by atoms with van der Waals surface area (Å²) in [5.74, 6) is -0.544. The van der Waals surface area contributed by atoms with Crippen LogP contribution in [0.25, 0.3) is 0 Å². The SMILES string of the molecule is Cc1ccc(S(=O)(=O)Nc2ccccc2C(=O)CO)cc1. The Bertz CT molecular complexity index is 751. The lowest BCUT2D eigenvalue weighted by Crippen LogP contribution is -2.16. The molecule has 0 saturated carbocycles. The Morgan fingerprint density at radius 3 is 2.33 bits per heavy atom. The van der Waals surface area contributed by atoms with Crippen molar-refractivity contribution in [2.24, 2.45) is 0 Å². The summed E-state index contributed by atoms with van der Waals surface area (Å²) in [6.07, 6.45) is 0. The highest BCUT2D eigenvalue weighted by Gasteiger charge is 2.17. The summed E-state index contributed by atoms with van der Waals surface area (Å²) in [6.45, 7) is 1.18. The third kappa shape index (κ3) is 3.48. The van der Waals surface area contributed by atoms with Crippen molar-refractivity contribution in [3.8, 4) is 0 Å². The minimum Gasteiger partial charge on any atom is -0.388 e. The van der Waals surface area contributed by atoms with Gasteiger partial charge in [0.05, 0.1) is 10.6 Å². The molecule has 0 aliphatic carbocycles. The van der Waals surface area contributed by atoms with Crippen molar-refractivity contribution in [3.05, 3.63) is 59.7 Å². The van der Waals surface area contributed by atoms with Crippen LogP contribution in [0.3, 0.4) is 0 Å². The van der Waals surface area contributed by atoms with Crippen LogP contribution >= 0.6 is 0 Å². The Hall–Kier alpha value is -2.18. The molecule has 0 heterocycles. The molecule has 0 aliphatic rings. The molecule has 2 aromatic carbocycles. The number of aliphatic hydroxyl groups excluding tert-OH is 1. The van der Waals surface area contributed by atoms with Gasteiger partial charge < -0.3 is 5.11 Å². The quantitative estimate of drug-likeness (QED) is 0.827. The molecule has 0 amide bonds. The fourth-order valence-electron chi connectivity index (χ4n) is 1.82. The van der Waals surface area contributed by atoms with E-state index in [0.29, 0.717) is 0 Å². The van der Waals surface area contributed by atoms with Gasteiger partial charge in [0.1, 0.15) is 6.61 Å². The van der Waals surface area contributed by atoms with Crippen LogP contribution in [0.15, 0.2) is 53.4 Å². The number of nitrogens with one attached hydrogen (secondary N) is 1. The summed E-state index contributed by atoms with van der Waals surface area (Å²) in [7, 11) is -3.78. The third-order valence-corrected chi connectivity index (χ3v) is 4.33. The van der Waals surface area contributed by atoms with Gasteiger partial charge in [0, 0.05) is 5.56 Å². The van der Waals surface area contributed by atoms with Gasteiger partial charge in [-0.25, -0.2) is 8.42 Å². The first kappa shape index (κ1) is 15.2. The Balaban J connectivity index is 2.37. The normalized spacial score (nSPS) is 11.1. The Morgan fingerprint density at radius 1 is 1.10 bits per heavy atom. The van der Waals surface area contributed by atoms with Gasteiger partial charge in [-0.3, -0.25) is 9.52 Å². The van der Waals surface area contributed by atoms with Crippen molar-refractivity contribution in [1.29, 1.82) is 0 Å². The van der Waals surface area contributed by atoms with Gasteiger partial charge in [0.2, 0.25) is 0 Å². The first-order chi connectivity index (χ1) is 9.94. The highest BCUT2D eigenvalue weighted by Crippen LogP contribution is 2.20. The number of aryl methyl sites for hydroxylation is 1. The van der Waals surface area contributed by atoms with Gasteiger partial charge in [0.25, 0.3) is 10.0 Å². The van der Waals surface area contributed by atoms with E-state index in [1.165, 1.54) is 24.3 Å². The maximum atomic E-state index is 12.3. The molecular formula is C15H15NO4S. The number of carbonyl (C=O) groups is 1. The average molecular weight is 305 g/mol. The standard InChI is InChI=1S/C15H15NO4S/c1-11-6-8-12(9-7-11)21(19,20)16-14-5-3-2-4-13(14)15(18)10-17/h2-9,16-17H,10H2,1H3. The van der Waals surface area contributed by atoms with E-state index in [2.05, 4.69) is 4.72 Å². The van der Waals surface area contributed by atoms with Gasteiger partial charge in [-0.05, 0) is 31.2 Å². The highest BCUT2D eigenvalue weighted by molar-refractivity contribution is 7.92.